The number of benzene rings is 2. The standard InChI is InChI=1S/C23H25F2N5O.HI/c1-16-13-30(14-22(31-16)18-4-6-19(24)7-5-18)23(26-2)28-12-17-3-8-21(20(25)11-17)29-10-9-27-15-29;/h3-11,15-16,22H,12-14H2,1-2H3,(H,26,28);1H. The molecular weight excluding hydrogens is 527 g/mol. The summed E-state index contributed by atoms with van der Waals surface area (Å²) in [4.78, 5) is 10.5. The maximum Gasteiger partial charge on any atom is 0.194 e. The molecule has 1 aromatic heterocycles. The predicted molar refractivity (Wildman–Crippen MR) is 130 cm³/mol. The largest absolute Gasteiger partial charge is 0.367 e. The van der Waals surface area contributed by atoms with E-state index in [1.54, 1.807) is 48.5 Å². The van der Waals surface area contributed by atoms with Gasteiger partial charge in [-0.25, -0.2) is 13.8 Å². The van der Waals surface area contributed by atoms with Gasteiger partial charge in [-0.05, 0) is 42.3 Å². The van der Waals surface area contributed by atoms with Crippen molar-refractivity contribution in [3.8, 4) is 5.69 Å². The number of rotatable bonds is 4. The van der Waals surface area contributed by atoms with Gasteiger partial charge in [-0.3, -0.25) is 4.99 Å². The minimum atomic E-state index is -0.316. The van der Waals surface area contributed by atoms with Gasteiger partial charge in [0.15, 0.2) is 5.96 Å². The van der Waals surface area contributed by atoms with Crippen molar-refractivity contribution in [3.05, 3.63) is 83.9 Å². The van der Waals surface area contributed by atoms with Crippen LogP contribution in [0.2, 0.25) is 0 Å². The van der Waals surface area contributed by atoms with Crippen LogP contribution in [0.5, 0.6) is 0 Å². The molecule has 1 aliphatic heterocycles. The van der Waals surface area contributed by atoms with Crippen molar-refractivity contribution < 1.29 is 13.5 Å². The summed E-state index contributed by atoms with van der Waals surface area (Å²) < 4.78 is 35.5. The molecule has 2 heterocycles. The maximum absolute atomic E-state index is 14.5. The smallest absolute Gasteiger partial charge is 0.194 e. The van der Waals surface area contributed by atoms with Crippen LogP contribution >= 0.6 is 24.0 Å². The lowest BCUT2D eigenvalue weighted by atomic mass is 10.1. The predicted octanol–water partition coefficient (Wildman–Crippen LogP) is 4.31. The fraction of sp³-hybridized carbons (Fsp3) is 0.304. The lowest BCUT2D eigenvalue weighted by molar-refractivity contribution is -0.0605. The van der Waals surface area contributed by atoms with E-state index < -0.39 is 0 Å². The number of nitrogens with zero attached hydrogens (tertiary/aromatic N) is 4. The summed E-state index contributed by atoms with van der Waals surface area (Å²) in [6.45, 7) is 3.69. The second-order valence-corrected chi connectivity index (χ2v) is 7.55. The molecule has 2 aromatic carbocycles. The Morgan fingerprint density at radius 1 is 1.19 bits per heavy atom. The summed E-state index contributed by atoms with van der Waals surface area (Å²) in [5, 5.41) is 3.31. The van der Waals surface area contributed by atoms with E-state index in [-0.39, 0.29) is 47.8 Å². The van der Waals surface area contributed by atoms with Crippen LogP contribution in [0.1, 0.15) is 24.2 Å². The van der Waals surface area contributed by atoms with Crippen LogP contribution in [0.4, 0.5) is 8.78 Å². The van der Waals surface area contributed by atoms with Crippen molar-refractivity contribution in [2.45, 2.75) is 25.7 Å². The quantitative estimate of drug-likeness (QED) is 0.298. The number of guanidine groups is 1. The zero-order chi connectivity index (χ0) is 21.8. The number of halogens is 3. The van der Waals surface area contributed by atoms with Gasteiger partial charge in [0.25, 0.3) is 0 Å². The van der Waals surface area contributed by atoms with E-state index in [4.69, 9.17) is 4.74 Å². The van der Waals surface area contributed by atoms with Crippen molar-refractivity contribution >= 4 is 29.9 Å². The highest BCUT2D eigenvalue weighted by Crippen LogP contribution is 2.25. The van der Waals surface area contributed by atoms with Crippen molar-refractivity contribution in [2.24, 2.45) is 4.99 Å². The average molecular weight is 553 g/mol. The number of aliphatic imine (C=N–C) groups is 1. The summed E-state index contributed by atoms with van der Waals surface area (Å²) in [7, 11) is 1.72. The van der Waals surface area contributed by atoms with E-state index in [1.165, 1.54) is 18.2 Å². The summed E-state index contributed by atoms with van der Waals surface area (Å²) in [6, 6.07) is 11.5. The van der Waals surface area contributed by atoms with Crippen molar-refractivity contribution in [1.82, 2.24) is 19.8 Å². The summed E-state index contributed by atoms with van der Waals surface area (Å²) in [5.74, 6) is 0.123. The second kappa shape index (κ2) is 10.9. The Bertz CT molecular complexity index is 1040. The molecule has 1 aliphatic rings. The SMILES string of the molecule is CN=C(NCc1ccc(-n2ccnc2)c(F)c1)N1CC(C)OC(c2ccc(F)cc2)C1.I. The topological polar surface area (TPSA) is 54.7 Å². The fourth-order valence-electron chi connectivity index (χ4n) is 3.77. The van der Waals surface area contributed by atoms with Gasteiger partial charge >= 0.3 is 0 Å². The Kier molecular flexibility index (Phi) is 8.19. The minimum absolute atomic E-state index is 0. The van der Waals surface area contributed by atoms with E-state index >= 15 is 0 Å². The van der Waals surface area contributed by atoms with Crippen LogP contribution in [0.25, 0.3) is 5.69 Å². The maximum atomic E-state index is 14.5. The minimum Gasteiger partial charge on any atom is -0.367 e. The third-order valence-electron chi connectivity index (χ3n) is 5.26. The normalized spacial score (nSPS) is 18.9. The van der Waals surface area contributed by atoms with Gasteiger partial charge in [-0.15, -0.1) is 24.0 Å². The monoisotopic (exact) mass is 553 g/mol. The van der Waals surface area contributed by atoms with E-state index in [1.807, 2.05) is 13.0 Å². The number of morpholine rings is 1. The lowest BCUT2D eigenvalue weighted by Gasteiger charge is -2.38. The first-order valence-corrected chi connectivity index (χ1v) is 10.2. The van der Waals surface area contributed by atoms with Gasteiger partial charge in [0.2, 0.25) is 0 Å². The first kappa shape index (κ1) is 24.1. The van der Waals surface area contributed by atoms with E-state index in [0.29, 0.717) is 31.3 Å². The number of aromatic nitrogens is 2. The molecule has 0 radical (unpaired) electrons. The summed E-state index contributed by atoms with van der Waals surface area (Å²) in [6.07, 6.45) is 4.68. The molecule has 32 heavy (non-hydrogen) atoms. The van der Waals surface area contributed by atoms with Gasteiger partial charge in [0, 0.05) is 32.5 Å². The first-order chi connectivity index (χ1) is 15.0. The Morgan fingerprint density at radius 3 is 2.62 bits per heavy atom. The molecule has 0 spiro atoms. The molecular formula is C23H26F2IN5O. The Balaban J connectivity index is 0.00000289. The third kappa shape index (κ3) is 5.63. The molecule has 0 aliphatic carbocycles. The molecule has 1 N–H and O–H groups in total. The zero-order valence-electron chi connectivity index (χ0n) is 17.9. The van der Waals surface area contributed by atoms with Gasteiger partial charge in [0.1, 0.15) is 17.7 Å². The highest BCUT2D eigenvalue weighted by Gasteiger charge is 2.28. The van der Waals surface area contributed by atoms with Crippen molar-refractivity contribution in [2.75, 3.05) is 20.1 Å². The van der Waals surface area contributed by atoms with Crippen LogP contribution in [-0.2, 0) is 11.3 Å². The highest BCUT2D eigenvalue weighted by atomic mass is 127. The van der Waals surface area contributed by atoms with Gasteiger partial charge < -0.3 is 19.5 Å². The Morgan fingerprint density at radius 2 is 1.97 bits per heavy atom. The second-order valence-electron chi connectivity index (χ2n) is 7.55. The average Bonchev–Trinajstić information content (AvgIpc) is 3.29. The van der Waals surface area contributed by atoms with Crippen molar-refractivity contribution in [3.63, 3.8) is 0 Å². The van der Waals surface area contributed by atoms with Crippen molar-refractivity contribution in [1.29, 1.82) is 0 Å². The number of nitrogens with one attached hydrogen (secondary N) is 1. The summed E-state index contributed by atoms with van der Waals surface area (Å²) >= 11 is 0. The molecule has 9 heteroatoms. The first-order valence-electron chi connectivity index (χ1n) is 10.2. The Hall–Kier alpha value is -2.53. The van der Waals surface area contributed by atoms with E-state index in [0.717, 1.165) is 11.1 Å². The molecule has 0 saturated carbocycles. The number of hydrogen-bond acceptors (Lipinski definition) is 3. The number of imidazole rings is 1. The molecule has 2 atom stereocenters. The fourth-order valence-corrected chi connectivity index (χ4v) is 3.77. The molecule has 170 valence electrons. The number of ether oxygens (including phenoxy) is 1. The van der Waals surface area contributed by atoms with Gasteiger partial charge in [0.05, 0.1) is 24.7 Å². The van der Waals surface area contributed by atoms with Gasteiger partial charge in [-0.2, -0.15) is 0 Å². The zero-order valence-corrected chi connectivity index (χ0v) is 20.2. The number of hydrogen-bond donors (Lipinski definition) is 1. The molecule has 3 aromatic rings. The lowest BCUT2D eigenvalue weighted by Crippen LogP contribution is -2.50. The van der Waals surface area contributed by atoms with Crippen LogP contribution in [-0.4, -0.2) is 46.7 Å². The molecule has 4 rings (SSSR count). The van der Waals surface area contributed by atoms with Crippen LogP contribution in [0.15, 0.2) is 66.2 Å². The Labute approximate surface area is 203 Å². The molecule has 0 amide bonds. The highest BCUT2D eigenvalue weighted by molar-refractivity contribution is 14.0. The van der Waals surface area contributed by atoms with Crippen LogP contribution in [0, 0.1) is 11.6 Å². The molecule has 1 fully saturated rings. The molecule has 6 nitrogen and oxygen atoms in total. The van der Waals surface area contributed by atoms with Gasteiger partial charge in [-0.1, -0.05) is 18.2 Å². The third-order valence-corrected chi connectivity index (χ3v) is 5.26. The molecule has 1 saturated heterocycles. The van der Waals surface area contributed by atoms with Crippen LogP contribution in [0.3, 0.4) is 0 Å². The van der Waals surface area contributed by atoms with E-state index in [9.17, 15) is 8.78 Å². The summed E-state index contributed by atoms with van der Waals surface area (Å²) in [5.41, 5.74) is 2.18. The molecule has 2 unspecified atom stereocenters. The molecule has 0 bridgehead atoms. The van der Waals surface area contributed by atoms with E-state index in [2.05, 4.69) is 20.2 Å². The van der Waals surface area contributed by atoms with Crippen LogP contribution < -0.4 is 5.32 Å².